The number of benzene rings is 2. The summed E-state index contributed by atoms with van der Waals surface area (Å²) in [5.41, 5.74) is 4.86. The van der Waals surface area contributed by atoms with Gasteiger partial charge in [-0.15, -0.1) is 0 Å². The topological polar surface area (TPSA) is 40.5 Å². The van der Waals surface area contributed by atoms with E-state index in [0.717, 1.165) is 25.8 Å². The Bertz CT molecular complexity index is 751. The number of likely N-dealkylation sites (tertiary alicyclic amines) is 1. The molecule has 0 bridgehead atoms. The molecule has 26 heavy (non-hydrogen) atoms. The van der Waals surface area contributed by atoms with E-state index in [-0.39, 0.29) is 6.04 Å². The highest BCUT2D eigenvalue weighted by Crippen LogP contribution is 2.35. The summed E-state index contributed by atoms with van der Waals surface area (Å²) in [6.45, 7) is 7.30. The predicted molar refractivity (Wildman–Crippen MR) is 106 cm³/mol. The van der Waals surface area contributed by atoms with E-state index in [2.05, 4.69) is 74.2 Å². The van der Waals surface area contributed by atoms with Crippen LogP contribution in [0, 0.1) is 6.92 Å². The molecule has 1 aliphatic heterocycles. The monoisotopic (exact) mass is 351 g/mol. The molecule has 0 aliphatic carbocycles. The molecule has 2 unspecified atom stereocenters. The van der Waals surface area contributed by atoms with E-state index < -0.39 is 12.0 Å². The first-order chi connectivity index (χ1) is 12.5. The fourth-order valence-electron chi connectivity index (χ4n) is 4.01. The number of hydrogen-bond donors (Lipinski definition) is 1. The van der Waals surface area contributed by atoms with Crippen LogP contribution in [0.1, 0.15) is 67.3 Å². The lowest BCUT2D eigenvalue weighted by Crippen LogP contribution is -2.46. The minimum Gasteiger partial charge on any atom is -0.480 e. The number of carbonyl (C=O) groups is 1. The van der Waals surface area contributed by atoms with Crippen molar-refractivity contribution in [1.29, 1.82) is 0 Å². The van der Waals surface area contributed by atoms with Gasteiger partial charge in [0.2, 0.25) is 0 Å². The van der Waals surface area contributed by atoms with Crippen LogP contribution in [-0.4, -0.2) is 28.6 Å². The number of carboxylic acid groups (broad SMARTS) is 1. The zero-order chi connectivity index (χ0) is 18.7. The maximum Gasteiger partial charge on any atom is 0.320 e. The molecule has 0 spiro atoms. The molecule has 1 aliphatic rings. The second-order valence-electron chi connectivity index (χ2n) is 7.73. The van der Waals surface area contributed by atoms with Gasteiger partial charge >= 0.3 is 5.97 Å². The number of aryl methyl sites for hydroxylation is 1. The van der Waals surface area contributed by atoms with Crippen molar-refractivity contribution in [1.82, 2.24) is 4.90 Å². The van der Waals surface area contributed by atoms with Crippen LogP contribution in [0.25, 0.3) is 0 Å². The third-order valence-electron chi connectivity index (χ3n) is 5.44. The third-order valence-corrected chi connectivity index (χ3v) is 5.44. The molecule has 1 fully saturated rings. The maximum atomic E-state index is 11.9. The summed E-state index contributed by atoms with van der Waals surface area (Å²) in [6, 6.07) is 16.8. The molecule has 2 aromatic rings. The summed E-state index contributed by atoms with van der Waals surface area (Å²) in [5, 5.41) is 9.78. The highest BCUT2D eigenvalue weighted by atomic mass is 16.4. The third kappa shape index (κ3) is 3.99. The lowest BCUT2D eigenvalue weighted by Gasteiger charge is -2.39. The minimum absolute atomic E-state index is 0.0162. The molecular weight excluding hydrogens is 322 g/mol. The van der Waals surface area contributed by atoms with Gasteiger partial charge in [0.15, 0.2) is 0 Å². The summed E-state index contributed by atoms with van der Waals surface area (Å²) < 4.78 is 0. The van der Waals surface area contributed by atoms with Gasteiger partial charge in [-0.1, -0.05) is 74.4 Å². The Labute approximate surface area is 156 Å². The van der Waals surface area contributed by atoms with E-state index >= 15 is 0 Å². The summed E-state index contributed by atoms with van der Waals surface area (Å²) in [5.74, 6) is -0.218. The molecule has 2 atom stereocenters. The molecule has 3 rings (SSSR count). The SMILES string of the molecule is Cc1cccc(C(c2ccc(C(C)C)cc2)N2CCCCC2C(=O)O)c1. The van der Waals surface area contributed by atoms with Crippen molar-refractivity contribution < 1.29 is 9.90 Å². The quantitative estimate of drug-likeness (QED) is 0.810. The standard InChI is InChI=1S/C23H29NO2/c1-16(2)18-10-12-19(13-11-18)22(20-8-6-7-17(3)15-20)24-14-5-4-9-21(24)23(25)26/h6-8,10-13,15-16,21-22H,4-5,9,14H2,1-3H3,(H,25,26). The van der Waals surface area contributed by atoms with Crippen LogP contribution in [0.15, 0.2) is 48.5 Å². The summed E-state index contributed by atoms with van der Waals surface area (Å²) in [6.07, 6.45) is 2.76. The lowest BCUT2D eigenvalue weighted by atomic mass is 9.90. The van der Waals surface area contributed by atoms with Crippen molar-refractivity contribution in [2.24, 2.45) is 0 Å². The number of nitrogens with zero attached hydrogens (tertiary/aromatic N) is 1. The Morgan fingerprint density at radius 2 is 1.73 bits per heavy atom. The zero-order valence-electron chi connectivity index (χ0n) is 16.0. The molecule has 3 heteroatoms. The van der Waals surface area contributed by atoms with Crippen LogP contribution in [0.3, 0.4) is 0 Å². The molecular formula is C23H29NO2. The van der Waals surface area contributed by atoms with E-state index in [9.17, 15) is 9.90 Å². The average molecular weight is 351 g/mol. The van der Waals surface area contributed by atoms with E-state index in [4.69, 9.17) is 0 Å². The zero-order valence-corrected chi connectivity index (χ0v) is 16.0. The predicted octanol–water partition coefficient (Wildman–Crippen LogP) is 5.15. The lowest BCUT2D eigenvalue weighted by molar-refractivity contribution is -0.145. The molecule has 0 aromatic heterocycles. The second kappa shape index (κ2) is 8.05. The molecule has 1 N–H and O–H groups in total. The summed E-state index contributed by atoms with van der Waals surface area (Å²) in [7, 11) is 0. The molecule has 0 saturated carbocycles. The summed E-state index contributed by atoms with van der Waals surface area (Å²) >= 11 is 0. The van der Waals surface area contributed by atoms with Crippen LogP contribution in [0.2, 0.25) is 0 Å². The van der Waals surface area contributed by atoms with E-state index in [1.807, 2.05) is 0 Å². The van der Waals surface area contributed by atoms with Gasteiger partial charge in [-0.25, -0.2) is 0 Å². The fraction of sp³-hybridized carbons (Fsp3) is 0.435. The largest absolute Gasteiger partial charge is 0.480 e. The minimum atomic E-state index is -0.707. The van der Waals surface area contributed by atoms with Crippen LogP contribution >= 0.6 is 0 Å². The maximum absolute atomic E-state index is 11.9. The van der Waals surface area contributed by atoms with E-state index in [1.165, 1.54) is 22.3 Å². The number of aliphatic carboxylic acids is 1. The number of carboxylic acids is 1. The first kappa shape index (κ1) is 18.7. The van der Waals surface area contributed by atoms with Gasteiger partial charge in [-0.2, -0.15) is 0 Å². The van der Waals surface area contributed by atoms with Gasteiger partial charge in [0, 0.05) is 0 Å². The van der Waals surface area contributed by atoms with Crippen molar-refractivity contribution in [2.45, 2.75) is 58.0 Å². The molecule has 1 saturated heterocycles. The van der Waals surface area contributed by atoms with Crippen molar-refractivity contribution in [3.05, 3.63) is 70.8 Å². The van der Waals surface area contributed by atoms with Crippen LogP contribution in [0.4, 0.5) is 0 Å². The molecule has 1 heterocycles. The van der Waals surface area contributed by atoms with Crippen molar-refractivity contribution in [2.75, 3.05) is 6.54 Å². The first-order valence-corrected chi connectivity index (χ1v) is 9.62. The molecule has 2 aromatic carbocycles. The molecule has 3 nitrogen and oxygen atoms in total. The number of piperidine rings is 1. The highest BCUT2D eigenvalue weighted by Gasteiger charge is 2.35. The normalized spacial score (nSPS) is 19.5. The Kier molecular flexibility index (Phi) is 5.77. The van der Waals surface area contributed by atoms with E-state index in [0.29, 0.717) is 5.92 Å². The Morgan fingerprint density at radius 3 is 2.35 bits per heavy atom. The van der Waals surface area contributed by atoms with Gasteiger partial charge in [0.25, 0.3) is 0 Å². The second-order valence-corrected chi connectivity index (χ2v) is 7.73. The van der Waals surface area contributed by atoms with Crippen LogP contribution in [0.5, 0.6) is 0 Å². The van der Waals surface area contributed by atoms with Crippen molar-refractivity contribution in [3.8, 4) is 0 Å². The fourth-order valence-corrected chi connectivity index (χ4v) is 4.01. The Hall–Kier alpha value is -2.13. The van der Waals surface area contributed by atoms with E-state index in [1.54, 1.807) is 0 Å². The van der Waals surface area contributed by atoms with Crippen LogP contribution < -0.4 is 0 Å². The average Bonchev–Trinajstić information content (AvgIpc) is 2.63. The van der Waals surface area contributed by atoms with Crippen LogP contribution in [-0.2, 0) is 4.79 Å². The van der Waals surface area contributed by atoms with Gasteiger partial charge in [0.05, 0.1) is 6.04 Å². The van der Waals surface area contributed by atoms with Gasteiger partial charge in [-0.05, 0) is 48.9 Å². The first-order valence-electron chi connectivity index (χ1n) is 9.62. The molecule has 138 valence electrons. The Morgan fingerprint density at radius 1 is 1.04 bits per heavy atom. The van der Waals surface area contributed by atoms with Crippen molar-refractivity contribution in [3.63, 3.8) is 0 Å². The number of hydrogen-bond acceptors (Lipinski definition) is 2. The highest BCUT2D eigenvalue weighted by molar-refractivity contribution is 5.73. The van der Waals surface area contributed by atoms with Gasteiger partial charge < -0.3 is 5.11 Å². The van der Waals surface area contributed by atoms with Gasteiger partial charge in [-0.3, -0.25) is 9.69 Å². The van der Waals surface area contributed by atoms with Crippen molar-refractivity contribution >= 4 is 5.97 Å². The molecule has 0 amide bonds. The number of rotatable bonds is 5. The van der Waals surface area contributed by atoms with Gasteiger partial charge in [0.1, 0.15) is 6.04 Å². The Balaban J connectivity index is 2.05. The molecule has 0 radical (unpaired) electrons. The smallest absolute Gasteiger partial charge is 0.320 e. The summed E-state index contributed by atoms with van der Waals surface area (Å²) in [4.78, 5) is 14.1.